The van der Waals surface area contributed by atoms with Gasteiger partial charge in [-0.25, -0.2) is 25.9 Å². The molecule has 1 atom stereocenters. The Balaban J connectivity index is 0.000000860. The molecule has 5 N–H and O–H groups in total. The number of benzene rings is 3. The molecule has 12 nitrogen and oxygen atoms in total. The van der Waals surface area contributed by atoms with Gasteiger partial charge in [-0.15, -0.1) is 0 Å². The number of sulfone groups is 1. The lowest BCUT2D eigenvalue weighted by atomic mass is 9.98. The van der Waals surface area contributed by atoms with Crippen LogP contribution in [0.5, 0.6) is 0 Å². The minimum atomic E-state index is -5.08. The molecule has 0 saturated heterocycles. The van der Waals surface area contributed by atoms with Crippen LogP contribution in [0.1, 0.15) is 11.1 Å². The third-order valence-electron chi connectivity index (χ3n) is 6.01. The maximum Gasteiger partial charge on any atom is 0.490 e. The molecule has 0 aliphatic heterocycles. The number of amides is 1. The van der Waals surface area contributed by atoms with Crippen LogP contribution in [-0.2, 0) is 35.9 Å². The molecule has 0 spiro atoms. The first-order chi connectivity index (χ1) is 20.3. The highest BCUT2D eigenvalue weighted by Gasteiger charge is 2.38. The van der Waals surface area contributed by atoms with Crippen molar-refractivity contribution in [2.75, 3.05) is 30.6 Å². The Hall–Kier alpha value is -4.64. The zero-order valence-electron chi connectivity index (χ0n) is 23.5. The van der Waals surface area contributed by atoms with Crippen LogP contribution in [0.3, 0.4) is 0 Å². The lowest BCUT2D eigenvalue weighted by Crippen LogP contribution is -2.44. The number of carboxylic acids is 1. The van der Waals surface area contributed by atoms with Crippen LogP contribution < -0.4 is 11.1 Å². The van der Waals surface area contributed by atoms with Crippen molar-refractivity contribution in [1.29, 1.82) is 0 Å². The molecule has 0 saturated carbocycles. The lowest BCUT2D eigenvalue weighted by molar-refractivity contribution is -0.192. The highest BCUT2D eigenvalue weighted by Crippen LogP contribution is 2.29. The van der Waals surface area contributed by atoms with Gasteiger partial charge in [0.1, 0.15) is 6.04 Å². The van der Waals surface area contributed by atoms with Crippen molar-refractivity contribution in [3.8, 4) is 11.1 Å². The number of oxime groups is 1. The summed E-state index contributed by atoms with van der Waals surface area (Å²) < 4.78 is 80.9. The molecule has 0 aliphatic rings. The van der Waals surface area contributed by atoms with Gasteiger partial charge in [-0.05, 0) is 35.4 Å². The van der Waals surface area contributed by atoms with Crippen LogP contribution in [0.25, 0.3) is 11.1 Å². The summed E-state index contributed by atoms with van der Waals surface area (Å²) >= 11 is 0. The molecule has 1 amide bonds. The van der Waals surface area contributed by atoms with Gasteiger partial charge in [0.2, 0.25) is 10.0 Å². The highest BCUT2D eigenvalue weighted by atomic mass is 32.2. The average molecular weight is 659 g/mol. The first-order valence-corrected chi connectivity index (χ1v) is 16.0. The van der Waals surface area contributed by atoms with Crippen LogP contribution in [0.4, 0.5) is 24.5 Å². The predicted octanol–water partition coefficient (Wildman–Crippen LogP) is 3.22. The summed E-state index contributed by atoms with van der Waals surface area (Å²) in [6, 6.07) is 17.3. The van der Waals surface area contributed by atoms with Crippen molar-refractivity contribution in [3.63, 3.8) is 0 Å². The summed E-state index contributed by atoms with van der Waals surface area (Å²) in [7, 11) is -6.11. The van der Waals surface area contributed by atoms with E-state index in [1.165, 1.54) is 13.1 Å². The average Bonchev–Trinajstić information content (AvgIpc) is 2.93. The number of carboxylic acid groups (broad SMARTS) is 1. The number of nitrogens with zero attached hydrogens (tertiary/aromatic N) is 2. The predicted molar refractivity (Wildman–Crippen MR) is 158 cm³/mol. The quantitative estimate of drug-likeness (QED) is 0.115. The fourth-order valence-corrected chi connectivity index (χ4v) is 5.17. The molecule has 17 heteroatoms. The zero-order valence-corrected chi connectivity index (χ0v) is 25.1. The number of nitrogen functional groups attached to an aromatic ring is 1. The van der Waals surface area contributed by atoms with Crippen molar-refractivity contribution < 1.29 is 49.9 Å². The number of likely N-dealkylation sites (N-methyl/N-ethyl adjacent to an activating group) is 1. The maximum atomic E-state index is 13.2. The first-order valence-electron chi connectivity index (χ1n) is 12.3. The number of rotatable bonds is 9. The van der Waals surface area contributed by atoms with Crippen LogP contribution in [0.2, 0.25) is 0 Å². The van der Waals surface area contributed by atoms with E-state index in [0.717, 1.165) is 18.7 Å². The molecule has 3 aromatic carbocycles. The van der Waals surface area contributed by atoms with Gasteiger partial charge in [-0.3, -0.25) is 4.79 Å². The number of hydrogen-bond donors (Lipinski definition) is 4. The molecule has 0 aliphatic carbocycles. The molecule has 238 valence electrons. The number of nitrogens with one attached hydrogen (secondary N) is 1. The Bertz CT molecular complexity index is 1750. The molecule has 0 heterocycles. The van der Waals surface area contributed by atoms with Crippen LogP contribution >= 0.6 is 0 Å². The molecule has 44 heavy (non-hydrogen) atoms. The summed E-state index contributed by atoms with van der Waals surface area (Å²) in [6.45, 7) is 0. The molecule has 0 radical (unpaired) electrons. The Kier molecular flexibility index (Phi) is 11.5. The third kappa shape index (κ3) is 9.70. The number of carbonyl (C=O) groups is 2. The van der Waals surface area contributed by atoms with E-state index in [4.69, 9.17) is 20.8 Å². The minimum Gasteiger partial charge on any atom is -0.475 e. The zero-order chi connectivity index (χ0) is 33.5. The van der Waals surface area contributed by atoms with Gasteiger partial charge in [-0.1, -0.05) is 47.6 Å². The van der Waals surface area contributed by atoms with Gasteiger partial charge in [0.15, 0.2) is 9.84 Å². The van der Waals surface area contributed by atoms with E-state index in [0.29, 0.717) is 37.9 Å². The SMILES string of the molecule is CN(C(=O)[C@H](Cc1cccc(N)c1C=NO)Nc1ccc(-c2ccccc2S(C)(=O)=O)cc1)S(C)(=O)=O.O=C(O)C(F)(F)F. The van der Waals surface area contributed by atoms with Crippen LogP contribution in [-0.4, -0.2) is 81.3 Å². The van der Waals surface area contributed by atoms with Crippen molar-refractivity contribution in [2.45, 2.75) is 23.5 Å². The van der Waals surface area contributed by atoms with Gasteiger partial charge in [0.05, 0.1) is 17.4 Å². The number of alkyl halides is 3. The molecular formula is C27H29F3N4O8S2. The normalized spacial score (nSPS) is 12.6. The Labute approximate surface area is 251 Å². The maximum absolute atomic E-state index is 13.2. The van der Waals surface area contributed by atoms with E-state index in [1.54, 1.807) is 60.7 Å². The number of hydrogen-bond acceptors (Lipinski definition) is 10. The number of halogens is 3. The molecule has 0 fully saturated rings. The molecule has 3 aromatic rings. The van der Waals surface area contributed by atoms with Gasteiger partial charge in [0.25, 0.3) is 5.91 Å². The minimum absolute atomic E-state index is 0.0315. The number of anilines is 2. The smallest absolute Gasteiger partial charge is 0.475 e. The van der Waals surface area contributed by atoms with E-state index in [-0.39, 0.29) is 11.3 Å². The molecule has 0 unspecified atom stereocenters. The molecule has 0 bridgehead atoms. The third-order valence-corrected chi connectivity index (χ3v) is 8.34. The standard InChI is InChI=1S/C25H28N4O6S2.C2HF3O2/c1-29(37(3,34)35)25(30)23(15-18-7-6-9-22(26)21(18)16-27-31)28-19-13-11-17(12-14-19)20-8-4-5-10-24(20)36(2,32)33;3-2(4,5)1(6)7/h4-14,16,23,28,31H,15,26H2,1-3H3;(H,6,7)/t23-;/m0./s1. The molecular weight excluding hydrogens is 629 g/mol. The monoisotopic (exact) mass is 658 g/mol. The second-order valence-corrected chi connectivity index (χ2v) is 13.3. The Morgan fingerprint density at radius 2 is 1.57 bits per heavy atom. The van der Waals surface area contributed by atoms with Crippen LogP contribution in [0, 0.1) is 0 Å². The number of carbonyl (C=O) groups excluding carboxylic acids is 1. The van der Waals surface area contributed by atoms with E-state index < -0.39 is 44.0 Å². The van der Waals surface area contributed by atoms with E-state index in [9.17, 15) is 34.8 Å². The Morgan fingerprint density at radius 1 is 1.00 bits per heavy atom. The molecule has 3 rings (SSSR count). The van der Waals surface area contributed by atoms with Gasteiger partial charge >= 0.3 is 12.1 Å². The highest BCUT2D eigenvalue weighted by molar-refractivity contribution is 7.90. The first kappa shape index (κ1) is 35.6. The molecule has 0 aromatic heterocycles. The fourth-order valence-electron chi connectivity index (χ4n) is 3.80. The van der Waals surface area contributed by atoms with Crippen molar-refractivity contribution in [1.82, 2.24) is 4.31 Å². The van der Waals surface area contributed by atoms with E-state index >= 15 is 0 Å². The fraction of sp³-hybridized carbons (Fsp3) is 0.222. The number of sulfonamides is 1. The topological polar surface area (TPSA) is 197 Å². The van der Waals surface area contributed by atoms with Gasteiger partial charge < -0.3 is 21.4 Å². The number of nitrogens with two attached hydrogens (primary N) is 1. The second-order valence-electron chi connectivity index (χ2n) is 9.28. The summed E-state index contributed by atoms with van der Waals surface area (Å²) in [6.07, 6.45) is -1.83. The lowest BCUT2D eigenvalue weighted by Gasteiger charge is -2.25. The van der Waals surface area contributed by atoms with Gasteiger partial charge in [0, 0.05) is 42.2 Å². The summed E-state index contributed by atoms with van der Waals surface area (Å²) in [5, 5.41) is 22.3. The van der Waals surface area contributed by atoms with E-state index in [2.05, 4.69) is 10.5 Å². The summed E-state index contributed by atoms with van der Waals surface area (Å²) in [5.41, 5.74) is 8.98. The summed E-state index contributed by atoms with van der Waals surface area (Å²) in [5.74, 6) is -3.46. The van der Waals surface area contributed by atoms with Crippen molar-refractivity contribution in [2.24, 2.45) is 5.16 Å². The van der Waals surface area contributed by atoms with Gasteiger partial charge in [-0.2, -0.15) is 13.2 Å². The Morgan fingerprint density at radius 3 is 2.07 bits per heavy atom. The second kappa shape index (κ2) is 14.2. The summed E-state index contributed by atoms with van der Waals surface area (Å²) in [4.78, 5) is 22.3. The van der Waals surface area contributed by atoms with Crippen molar-refractivity contribution in [3.05, 3.63) is 77.9 Å². The van der Waals surface area contributed by atoms with Crippen molar-refractivity contribution >= 4 is 49.3 Å². The number of aliphatic carboxylic acids is 1. The van der Waals surface area contributed by atoms with E-state index in [1.807, 2.05) is 0 Å². The van der Waals surface area contributed by atoms with Crippen LogP contribution in [0.15, 0.2) is 76.8 Å². The largest absolute Gasteiger partial charge is 0.490 e.